The summed E-state index contributed by atoms with van der Waals surface area (Å²) in [5.41, 5.74) is 3.44. The molecule has 31 heavy (non-hydrogen) atoms. The van der Waals surface area contributed by atoms with Gasteiger partial charge in [0.1, 0.15) is 17.7 Å². The quantitative estimate of drug-likeness (QED) is 0.434. The fraction of sp³-hybridized carbons (Fsp3) is 0.167. The Kier molecular flexibility index (Phi) is 6.19. The summed E-state index contributed by atoms with van der Waals surface area (Å²) in [5.74, 6) is 1.33. The Bertz CT molecular complexity index is 1230. The zero-order valence-electron chi connectivity index (χ0n) is 17.0. The largest absolute Gasteiger partial charge is 0.367 e. The van der Waals surface area contributed by atoms with Crippen LogP contribution in [0.4, 0.5) is 5.82 Å². The molecule has 7 heteroatoms. The number of pyridine rings is 1. The number of aryl methyl sites for hydroxylation is 1. The molecular formula is C24H22N6O. The van der Waals surface area contributed by atoms with Gasteiger partial charge in [-0.2, -0.15) is 5.26 Å². The van der Waals surface area contributed by atoms with E-state index in [1.807, 2.05) is 54.6 Å². The lowest BCUT2D eigenvalue weighted by Crippen LogP contribution is -2.29. The molecule has 2 N–H and O–H groups in total. The molecule has 1 amide bonds. The number of carbonyl (C=O) groups is 1. The molecule has 7 nitrogen and oxygen atoms in total. The van der Waals surface area contributed by atoms with Crippen molar-refractivity contribution in [1.82, 2.24) is 19.9 Å². The van der Waals surface area contributed by atoms with E-state index in [1.54, 1.807) is 18.3 Å². The molecule has 2 aromatic carbocycles. The molecular weight excluding hydrogens is 388 g/mol. The predicted molar refractivity (Wildman–Crippen MR) is 120 cm³/mol. The van der Waals surface area contributed by atoms with Gasteiger partial charge in [0.05, 0.1) is 16.6 Å². The van der Waals surface area contributed by atoms with Gasteiger partial charge < -0.3 is 10.6 Å². The van der Waals surface area contributed by atoms with E-state index in [-0.39, 0.29) is 5.91 Å². The van der Waals surface area contributed by atoms with Crippen LogP contribution in [0.2, 0.25) is 0 Å². The van der Waals surface area contributed by atoms with Gasteiger partial charge in [-0.25, -0.2) is 9.97 Å². The maximum absolute atomic E-state index is 12.4. The van der Waals surface area contributed by atoms with Crippen LogP contribution in [-0.2, 0) is 11.2 Å². The maximum Gasteiger partial charge on any atom is 0.220 e. The third kappa shape index (κ3) is 4.70. The Labute approximate surface area is 180 Å². The van der Waals surface area contributed by atoms with Crippen LogP contribution in [0, 0.1) is 11.3 Å². The number of anilines is 1. The first-order chi connectivity index (χ1) is 15.3. The maximum atomic E-state index is 12.4. The molecule has 0 unspecified atom stereocenters. The van der Waals surface area contributed by atoms with Crippen LogP contribution in [0.15, 0.2) is 72.9 Å². The number of carbonyl (C=O) groups excluding carboxylic acids is 1. The normalized spacial score (nSPS) is 10.5. The molecule has 4 aromatic rings. The second kappa shape index (κ2) is 9.55. The van der Waals surface area contributed by atoms with E-state index in [1.165, 1.54) is 0 Å². The summed E-state index contributed by atoms with van der Waals surface area (Å²) >= 11 is 0. The minimum Gasteiger partial charge on any atom is -0.367 e. The van der Waals surface area contributed by atoms with Crippen molar-refractivity contribution in [1.29, 1.82) is 5.26 Å². The van der Waals surface area contributed by atoms with E-state index in [9.17, 15) is 4.79 Å². The molecule has 2 aromatic heterocycles. The molecule has 2 heterocycles. The Hall–Kier alpha value is -4.18. The monoisotopic (exact) mass is 410 g/mol. The first-order valence-electron chi connectivity index (χ1n) is 10.1. The highest BCUT2D eigenvalue weighted by atomic mass is 16.1. The van der Waals surface area contributed by atoms with E-state index in [0.29, 0.717) is 37.3 Å². The van der Waals surface area contributed by atoms with Crippen LogP contribution >= 0.6 is 0 Å². The van der Waals surface area contributed by atoms with E-state index in [4.69, 9.17) is 10.2 Å². The summed E-state index contributed by atoms with van der Waals surface area (Å²) in [5, 5.41) is 15.1. The van der Waals surface area contributed by atoms with Crippen molar-refractivity contribution in [2.75, 3.05) is 18.4 Å². The first-order valence-corrected chi connectivity index (χ1v) is 10.1. The van der Waals surface area contributed by atoms with Crippen molar-refractivity contribution in [2.45, 2.75) is 12.8 Å². The number of hydrogen-bond acceptors (Lipinski definition) is 5. The lowest BCUT2D eigenvalue weighted by atomic mass is 10.2. The molecule has 0 bridgehead atoms. The number of amides is 1. The number of para-hydroxylation sites is 3. The summed E-state index contributed by atoms with van der Waals surface area (Å²) < 4.78 is 2.11. The zero-order valence-corrected chi connectivity index (χ0v) is 17.0. The van der Waals surface area contributed by atoms with Crippen molar-refractivity contribution < 1.29 is 4.79 Å². The molecule has 0 atom stereocenters. The minimum absolute atomic E-state index is 0.0463. The topological polar surface area (TPSA) is 95.6 Å². The van der Waals surface area contributed by atoms with Gasteiger partial charge in [0.15, 0.2) is 0 Å². The van der Waals surface area contributed by atoms with Gasteiger partial charge in [0, 0.05) is 37.8 Å². The molecule has 0 aliphatic heterocycles. The highest BCUT2D eigenvalue weighted by molar-refractivity contribution is 5.79. The first kappa shape index (κ1) is 20.1. The fourth-order valence-corrected chi connectivity index (χ4v) is 3.44. The second-order valence-electron chi connectivity index (χ2n) is 6.98. The van der Waals surface area contributed by atoms with Gasteiger partial charge in [-0.3, -0.25) is 9.36 Å². The van der Waals surface area contributed by atoms with Crippen molar-refractivity contribution in [2.24, 2.45) is 0 Å². The second-order valence-corrected chi connectivity index (χ2v) is 6.98. The summed E-state index contributed by atoms with van der Waals surface area (Å²) in [4.78, 5) is 21.3. The standard InChI is InChI=1S/C24H22N6O/c25-17-18-7-6-14-27-24(18)28-16-15-26-23(31)13-12-22-29-20-10-4-5-11-21(20)30(22)19-8-2-1-3-9-19/h1-11,14H,12-13,15-16H2,(H,26,31)(H,27,28). The molecule has 0 saturated carbocycles. The highest BCUT2D eigenvalue weighted by Gasteiger charge is 2.13. The third-order valence-corrected chi connectivity index (χ3v) is 4.89. The number of benzene rings is 2. The Morgan fingerprint density at radius 3 is 2.65 bits per heavy atom. The van der Waals surface area contributed by atoms with Gasteiger partial charge in [-0.05, 0) is 36.4 Å². The zero-order chi connectivity index (χ0) is 21.5. The molecule has 0 radical (unpaired) electrons. The Balaban J connectivity index is 1.36. The predicted octanol–water partition coefficient (Wildman–Crippen LogP) is 3.45. The van der Waals surface area contributed by atoms with Crippen LogP contribution in [0.1, 0.15) is 17.8 Å². The number of nitrogens with zero attached hydrogens (tertiary/aromatic N) is 4. The van der Waals surface area contributed by atoms with Crippen LogP contribution in [0.25, 0.3) is 16.7 Å². The van der Waals surface area contributed by atoms with Crippen molar-refractivity contribution in [3.8, 4) is 11.8 Å². The van der Waals surface area contributed by atoms with Crippen molar-refractivity contribution in [3.63, 3.8) is 0 Å². The van der Waals surface area contributed by atoms with Crippen molar-refractivity contribution in [3.05, 3.63) is 84.3 Å². The lowest BCUT2D eigenvalue weighted by molar-refractivity contribution is -0.121. The average Bonchev–Trinajstić information content (AvgIpc) is 3.19. The molecule has 0 aliphatic rings. The van der Waals surface area contributed by atoms with Gasteiger partial charge in [0.2, 0.25) is 5.91 Å². The number of hydrogen-bond donors (Lipinski definition) is 2. The molecule has 0 fully saturated rings. The summed E-state index contributed by atoms with van der Waals surface area (Å²) in [6.07, 6.45) is 2.49. The number of rotatable bonds is 8. The molecule has 0 spiro atoms. The third-order valence-electron chi connectivity index (χ3n) is 4.89. The van der Waals surface area contributed by atoms with Gasteiger partial charge >= 0.3 is 0 Å². The van der Waals surface area contributed by atoms with Gasteiger partial charge in [-0.1, -0.05) is 30.3 Å². The van der Waals surface area contributed by atoms with E-state index < -0.39 is 0 Å². The van der Waals surface area contributed by atoms with Gasteiger partial charge in [-0.15, -0.1) is 0 Å². The summed E-state index contributed by atoms with van der Waals surface area (Å²) in [6.45, 7) is 0.926. The average molecular weight is 410 g/mol. The Morgan fingerprint density at radius 2 is 1.81 bits per heavy atom. The van der Waals surface area contributed by atoms with E-state index in [2.05, 4.69) is 26.3 Å². The van der Waals surface area contributed by atoms with Crippen LogP contribution in [0.3, 0.4) is 0 Å². The molecule has 4 rings (SSSR count). The summed E-state index contributed by atoms with van der Waals surface area (Å²) in [7, 11) is 0. The highest BCUT2D eigenvalue weighted by Crippen LogP contribution is 2.22. The molecule has 154 valence electrons. The van der Waals surface area contributed by atoms with Crippen LogP contribution < -0.4 is 10.6 Å². The van der Waals surface area contributed by atoms with Crippen molar-refractivity contribution >= 4 is 22.8 Å². The van der Waals surface area contributed by atoms with Crippen LogP contribution in [0.5, 0.6) is 0 Å². The fourth-order valence-electron chi connectivity index (χ4n) is 3.44. The number of nitriles is 1. The minimum atomic E-state index is -0.0463. The Morgan fingerprint density at radius 1 is 1.00 bits per heavy atom. The number of nitrogens with one attached hydrogen (secondary N) is 2. The molecule has 0 saturated heterocycles. The smallest absolute Gasteiger partial charge is 0.220 e. The van der Waals surface area contributed by atoms with E-state index >= 15 is 0 Å². The lowest BCUT2D eigenvalue weighted by Gasteiger charge is -2.10. The van der Waals surface area contributed by atoms with Crippen LogP contribution in [-0.4, -0.2) is 33.5 Å². The van der Waals surface area contributed by atoms with E-state index in [0.717, 1.165) is 22.5 Å². The number of aromatic nitrogens is 3. The number of fused-ring (bicyclic) bond motifs is 1. The summed E-state index contributed by atoms with van der Waals surface area (Å²) in [6, 6.07) is 23.5. The van der Waals surface area contributed by atoms with Gasteiger partial charge in [0.25, 0.3) is 0 Å². The number of imidazole rings is 1. The molecule has 0 aliphatic carbocycles. The SMILES string of the molecule is N#Cc1cccnc1NCCNC(=O)CCc1nc2ccccc2n1-c1ccccc1.